The van der Waals surface area contributed by atoms with E-state index in [1.807, 2.05) is 0 Å². The lowest BCUT2D eigenvalue weighted by atomic mass is 9.87. The van der Waals surface area contributed by atoms with Gasteiger partial charge in [0.2, 0.25) is 5.78 Å². The molecule has 23 nitrogen and oxygen atoms in total. The molecule has 0 bridgehead atoms. The van der Waals surface area contributed by atoms with E-state index in [4.69, 9.17) is 52.1 Å². The van der Waals surface area contributed by atoms with Crippen LogP contribution < -0.4 is 0 Å². The molecule has 1 aliphatic carbocycles. The first-order valence-corrected chi connectivity index (χ1v) is 21.0. The fourth-order valence-corrected chi connectivity index (χ4v) is 9.63. The van der Waals surface area contributed by atoms with Crippen LogP contribution in [-0.2, 0) is 90.5 Å². The quantitative estimate of drug-likeness (QED) is 0.144. The Morgan fingerprint density at radius 3 is 1.11 bits per heavy atom. The zero-order chi connectivity index (χ0) is 48.8. The summed E-state index contributed by atoms with van der Waals surface area (Å²) in [6.07, 6.45) is -13.3. The van der Waals surface area contributed by atoms with Gasteiger partial charge in [0, 0.05) is 61.0 Å². The number of thioether (sulfide) groups is 2. The molecule has 0 saturated carbocycles. The van der Waals surface area contributed by atoms with Crippen molar-refractivity contribution in [2.75, 3.05) is 20.3 Å². The summed E-state index contributed by atoms with van der Waals surface area (Å²) >= 11 is 0.780. The number of methoxy groups -OCH3 is 1. The number of hydrogen-bond donors (Lipinski definition) is 2. The van der Waals surface area contributed by atoms with Crippen molar-refractivity contribution >= 4 is 82.8 Å². The Morgan fingerprint density at radius 1 is 0.492 bits per heavy atom. The molecule has 1 aromatic carbocycles. The van der Waals surface area contributed by atoms with E-state index in [-0.39, 0.29) is 5.57 Å². The molecule has 65 heavy (non-hydrogen) atoms. The minimum atomic E-state index is -1.78. The van der Waals surface area contributed by atoms with E-state index in [0.717, 1.165) is 62.5 Å². The van der Waals surface area contributed by atoms with Gasteiger partial charge in [-0.1, -0.05) is 23.5 Å². The molecule has 4 rings (SSSR count). The number of fused-ring (bicyclic) bond motifs is 1. The maximum Gasteiger partial charge on any atom is 0.303 e. The Morgan fingerprint density at radius 2 is 0.800 bits per heavy atom. The van der Waals surface area contributed by atoms with Gasteiger partial charge >= 0.3 is 47.8 Å². The van der Waals surface area contributed by atoms with Crippen LogP contribution in [0.25, 0.3) is 0 Å². The highest BCUT2D eigenvalue weighted by atomic mass is 32.2. The van der Waals surface area contributed by atoms with Crippen LogP contribution in [0.4, 0.5) is 0 Å². The number of carbonyl (C=O) groups is 10. The second kappa shape index (κ2) is 21.8. The predicted octanol–water partition coefficient (Wildman–Crippen LogP) is 1.75. The molecule has 3 aliphatic rings. The molecule has 0 amide bonds. The van der Waals surface area contributed by atoms with E-state index >= 15 is 0 Å². The van der Waals surface area contributed by atoms with Gasteiger partial charge in [-0.15, -0.1) is 0 Å². The summed E-state index contributed by atoms with van der Waals surface area (Å²) < 4.78 is 61.0. The van der Waals surface area contributed by atoms with Crippen LogP contribution >= 0.6 is 23.5 Å². The molecule has 2 N–H and O–H groups in total. The zero-order valence-electron chi connectivity index (χ0n) is 36.5. The number of ether oxygens (including phenoxy) is 11. The number of hydrogen-bond acceptors (Lipinski definition) is 25. The average molecular weight is 959 g/mol. The van der Waals surface area contributed by atoms with Gasteiger partial charge in [0.15, 0.2) is 48.2 Å². The Kier molecular flexibility index (Phi) is 17.4. The van der Waals surface area contributed by atoms with Gasteiger partial charge < -0.3 is 62.3 Å². The van der Waals surface area contributed by atoms with Crippen LogP contribution in [0.5, 0.6) is 11.5 Å². The van der Waals surface area contributed by atoms with Gasteiger partial charge in [-0.3, -0.25) is 47.9 Å². The number of benzene rings is 1. The number of phenolic OH excluding ortho intramolecular Hbond substituents is 2. The van der Waals surface area contributed by atoms with Crippen molar-refractivity contribution < 1.29 is 110 Å². The minimum absolute atomic E-state index is 0.289. The molecule has 0 radical (unpaired) electrons. The van der Waals surface area contributed by atoms with Crippen LogP contribution in [0, 0.1) is 0 Å². The van der Waals surface area contributed by atoms with E-state index < -0.39 is 170 Å². The van der Waals surface area contributed by atoms with Crippen LogP contribution in [0.3, 0.4) is 0 Å². The van der Waals surface area contributed by atoms with Crippen molar-refractivity contribution in [3.8, 4) is 11.5 Å². The first-order chi connectivity index (χ1) is 30.4. The lowest BCUT2D eigenvalue weighted by Gasteiger charge is -2.45. The molecular weight excluding hydrogens is 913 g/mol. The second-order valence-corrected chi connectivity index (χ2v) is 16.5. The van der Waals surface area contributed by atoms with Crippen LogP contribution in [-0.4, -0.2) is 150 Å². The number of phenols is 2. The third-order valence-corrected chi connectivity index (χ3v) is 11.9. The monoisotopic (exact) mass is 958 g/mol. The summed E-state index contributed by atoms with van der Waals surface area (Å²) in [6.45, 7) is 7.89. The van der Waals surface area contributed by atoms with Gasteiger partial charge in [0.05, 0.1) is 28.0 Å². The number of Topliss-reactive ketones (excluding diaryl/α,β-unsaturated/α-hetero) is 2. The van der Waals surface area contributed by atoms with Gasteiger partial charge in [0.25, 0.3) is 0 Å². The van der Waals surface area contributed by atoms with Gasteiger partial charge in [-0.05, 0) is 6.92 Å². The van der Waals surface area contributed by atoms with Crippen LogP contribution in [0.1, 0.15) is 83.0 Å². The number of aromatic hydroxyl groups is 2. The highest BCUT2D eigenvalue weighted by Gasteiger charge is 2.55. The van der Waals surface area contributed by atoms with Gasteiger partial charge in [0.1, 0.15) is 47.8 Å². The topological polar surface area (TPSA) is 313 Å². The van der Waals surface area contributed by atoms with Crippen molar-refractivity contribution in [1.29, 1.82) is 0 Å². The average Bonchev–Trinajstić information content (AvgIpc) is 3.18. The second-order valence-electron chi connectivity index (χ2n) is 14.3. The number of carbonyl (C=O) groups excluding carboxylic acids is 10. The molecule has 2 saturated heterocycles. The SMILES string of the molecule is COC1=C(C)C(=O)c2c(O)c(SC3OC(COC(C)=O)C(OC(C)=O)C(OC(C)=O)C3OC(C)=O)c(SC3OC(COC(C)=O)C(OC(C)=O)C(OC(C)=O)C3OC(C)=O)c(O)c2C1=O. The summed E-state index contributed by atoms with van der Waals surface area (Å²) in [5.41, 5.74) is -5.28. The smallest absolute Gasteiger partial charge is 0.303 e. The fraction of sp³-hybridized carbons (Fsp3) is 0.550. The Balaban J connectivity index is 2.06. The van der Waals surface area contributed by atoms with Crippen molar-refractivity contribution in [2.45, 2.75) is 132 Å². The minimum Gasteiger partial charge on any atom is -0.506 e. The first-order valence-electron chi connectivity index (χ1n) is 19.3. The fourth-order valence-electron chi connectivity index (χ4n) is 6.96. The van der Waals surface area contributed by atoms with Crippen LogP contribution in [0.15, 0.2) is 21.1 Å². The summed E-state index contributed by atoms with van der Waals surface area (Å²) in [5.74, 6) is -12.1. The Hall–Kier alpha value is -5.92. The number of esters is 8. The molecule has 10 atom stereocenters. The molecule has 25 heteroatoms. The molecule has 0 spiro atoms. The number of allylic oxidation sites excluding steroid dienone is 2. The molecule has 2 fully saturated rings. The van der Waals surface area contributed by atoms with E-state index in [1.165, 1.54) is 6.92 Å². The maximum atomic E-state index is 14.0. The van der Waals surface area contributed by atoms with Gasteiger partial charge in [-0.25, -0.2) is 0 Å². The standard InChI is InChI=1S/C40H46O23S2/c1-13-26(49)24-25(27(50)30(13)53-10)29(52)38(65-40-36(61-21(9)48)34(59-19(7)46)32(57-17(5)44)23(63-40)12-55-15(3)42)37(28(24)51)64-39-35(60-20(8)47)33(58-18(6)45)31(56-16(4)43)22(62-39)11-54-14(2)41/h22-23,31-36,39-40,51-52H,11-12H2,1-10H3. The summed E-state index contributed by atoms with van der Waals surface area (Å²) in [6, 6.07) is 0. The lowest BCUT2D eigenvalue weighted by molar-refractivity contribution is -0.237. The summed E-state index contributed by atoms with van der Waals surface area (Å²) in [4.78, 5) is 126. The van der Waals surface area contributed by atoms with Gasteiger partial charge in [-0.2, -0.15) is 0 Å². The largest absolute Gasteiger partial charge is 0.506 e. The summed E-state index contributed by atoms with van der Waals surface area (Å²) in [5, 5.41) is 24.4. The first kappa shape index (κ1) is 51.7. The molecule has 2 heterocycles. The molecule has 2 aliphatic heterocycles. The van der Waals surface area contributed by atoms with Crippen molar-refractivity contribution in [2.24, 2.45) is 0 Å². The zero-order valence-corrected chi connectivity index (χ0v) is 38.1. The molecule has 10 unspecified atom stereocenters. The molecular formula is C40H46O23S2. The van der Waals surface area contributed by atoms with E-state index in [2.05, 4.69) is 0 Å². The number of ketones is 2. The normalized spacial score (nSPS) is 26.1. The third kappa shape index (κ3) is 12.3. The van der Waals surface area contributed by atoms with Crippen molar-refractivity contribution in [1.82, 2.24) is 0 Å². The highest BCUT2D eigenvalue weighted by molar-refractivity contribution is 8.03. The molecule has 356 valence electrons. The van der Waals surface area contributed by atoms with Crippen molar-refractivity contribution in [3.63, 3.8) is 0 Å². The van der Waals surface area contributed by atoms with Crippen LogP contribution in [0.2, 0.25) is 0 Å². The maximum absolute atomic E-state index is 14.0. The van der Waals surface area contributed by atoms with E-state index in [9.17, 15) is 58.2 Å². The Bertz CT molecular complexity index is 2170. The predicted molar refractivity (Wildman–Crippen MR) is 214 cm³/mol. The lowest BCUT2D eigenvalue weighted by Crippen LogP contribution is -2.61. The Labute approximate surface area is 378 Å². The third-order valence-electron chi connectivity index (χ3n) is 9.27. The molecule has 0 aromatic heterocycles. The van der Waals surface area contributed by atoms with Crippen molar-refractivity contribution in [3.05, 3.63) is 22.5 Å². The highest BCUT2D eigenvalue weighted by Crippen LogP contribution is 2.55. The number of rotatable bonds is 15. The van der Waals surface area contributed by atoms with E-state index in [0.29, 0.717) is 23.5 Å². The van der Waals surface area contributed by atoms with E-state index in [1.54, 1.807) is 0 Å². The summed E-state index contributed by atoms with van der Waals surface area (Å²) in [7, 11) is 1.08. The molecule has 1 aromatic rings.